The second-order valence-electron chi connectivity index (χ2n) is 12.9. The lowest BCUT2D eigenvalue weighted by Crippen LogP contribution is -2.52. The fraction of sp³-hybridized carbons (Fsp3) is 0.471. The summed E-state index contributed by atoms with van der Waals surface area (Å²) in [6.45, 7) is 9.30. The number of ether oxygens (including phenoxy) is 1. The lowest BCUT2D eigenvalue weighted by Gasteiger charge is -2.43. The number of aromatic nitrogens is 3. The normalized spacial score (nSPS) is 18.1. The van der Waals surface area contributed by atoms with Gasteiger partial charge in [0.25, 0.3) is 0 Å². The highest BCUT2D eigenvalue weighted by molar-refractivity contribution is 7.92. The Bertz CT molecular complexity index is 1860. The summed E-state index contributed by atoms with van der Waals surface area (Å²) in [4.78, 5) is 20.5. The second-order valence-corrected chi connectivity index (χ2v) is 14.8. The van der Waals surface area contributed by atoms with Gasteiger partial charge in [-0.25, -0.2) is 8.42 Å². The molecule has 0 atom stereocenters. The molecule has 0 aliphatic carbocycles. The third kappa shape index (κ3) is 6.31. The Morgan fingerprint density at radius 3 is 2.49 bits per heavy atom. The maximum Gasteiger partial charge on any atom is 0.232 e. The molecule has 3 aliphatic rings. The number of sulfonamides is 1. The van der Waals surface area contributed by atoms with Gasteiger partial charge in [-0.1, -0.05) is 19.1 Å². The van der Waals surface area contributed by atoms with Crippen LogP contribution in [0.2, 0.25) is 0 Å². The summed E-state index contributed by atoms with van der Waals surface area (Å²) < 4.78 is 32.6. The number of fused-ring (bicyclic) bond motifs is 2. The van der Waals surface area contributed by atoms with Crippen LogP contribution in [0.25, 0.3) is 11.0 Å². The number of anilines is 6. The van der Waals surface area contributed by atoms with E-state index in [4.69, 9.17) is 14.7 Å². The topological polar surface area (TPSA) is 122 Å². The van der Waals surface area contributed by atoms with Crippen LogP contribution in [-0.2, 0) is 22.9 Å². The van der Waals surface area contributed by atoms with Crippen molar-refractivity contribution in [3.8, 4) is 5.75 Å². The van der Waals surface area contributed by atoms with Gasteiger partial charge in [-0.3, -0.25) is 9.21 Å². The lowest BCUT2D eigenvalue weighted by atomic mass is 9.99. The maximum atomic E-state index is 12.6. The molecule has 250 valence electrons. The highest BCUT2D eigenvalue weighted by atomic mass is 32.2. The number of nitrogens with one attached hydrogen (secondary N) is 3. The van der Waals surface area contributed by atoms with E-state index in [0.29, 0.717) is 47.8 Å². The van der Waals surface area contributed by atoms with Gasteiger partial charge in [0.05, 0.1) is 35.8 Å². The zero-order valence-corrected chi connectivity index (χ0v) is 28.5. The molecule has 5 heterocycles. The zero-order chi connectivity index (χ0) is 32.7. The molecular formula is C34H45N9O3S. The van der Waals surface area contributed by atoms with E-state index in [1.54, 1.807) is 7.11 Å². The van der Waals surface area contributed by atoms with Crippen LogP contribution >= 0.6 is 0 Å². The van der Waals surface area contributed by atoms with E-state index >= 15 is 0 Å². The molecule has 47 heavy (non-hydrogen) atoms. The Morgan fingerprint density at radius 1 is 0.979 bits per heavy atom. The number of H-pyrrole nitrogens is 1. The first-order valence-corrected chi connectivity index (χ1v) is 18.4. The number of methoxy groups -OCH3 is 1. The quantitative estimate of drug-likeness (QED) is 0.236. The molecular weight excluding hydrogens is 615 g/mol. The molecule has 0 bridgehead atoms. The Labute approximate surface area is 277 Å². The summed E-state index contributed by atoms with van der Waals surface area (Å²) in [5.41, 5.74) is 6.26. The molecule has 2 saturated heterocycles. The fourth-order valence-electron chi connectivity index (χ4n) is 7.31. The van der Waals surface area contributed by atoms with E-state index in [1.165, 1.54) is 34.7 Å². The van der Waals surface area contributed by atoms with Gasteiger partial charge in [0, 0.05) is 69.8 Å². The van der Waals surface area contributed by atoms with Gasteiger partial charge in [0.2, 0.25) is 16.0 Å². The first kappa shape index (κ1) is 31.5. The second kappa shape index (κ2) is 12.9. The SMILES string of the molecule is CCc1cc(Nc2nc(Nc3cccc4c3N(S(C)(=O)=O)CC4)c3cc[nH]c3n2)c(OC)cc1N1CCC(N2CCN(C)CC2)CC1. The van der Waals surface area contributed by atoms with Crippen LogP contribution in [0.15, 0.2) is 42.6 Å². The predicted molar refractivity (Wildman–Crippen MR) is 189 cm³/mol. The number of hydrogen-bond donors (Lipinski definition) is 3. The van der Waals surface area contributed by atoms with Gasteiger partial charge in [-0.05, 0) is 62.1 Å². The van der Waals surface area contributed by atoms with Crippen molar-refractivity contribution in [3.63, 3.8) is 0 Å². The number of aromatic amines is 1. The fourth-order valence-corrected chi connectivity index (χ4v) is 8.28. The number of hydrogen-bond acceptors (Lipinski definition) is 10. The highest BCUT2D eigenvalue weighted by Gasteiger charge is 2.30. The number of benzene rings is 2. The minimum absolute atomic E-state index is 0.399. The van der Waals surface area contributed by atoms with Gasteiger partial charge in [0.15, 0.2) is 0 Å². The minimum atomic E-state index is -3.43. The number of para-hydroxylation sites is 1. The summed E-state index contributed by atoms with van der Waals surface area (Å²) in [6, 6.07) is 12.7. The van der Waals surface area contributed by atoms with Crippen LogP contribution in [0.3, 0.4) is 0 Å². The van der Waals surface area contributed by atoms with Crippen molar-refractivity contribution >= 4 is 55.6 Å². The molecule has 2 aromatic carbocycles. The van der Waals surface area contributed by atoms with Crippen LogP contribution in [0, 0.1) is 0 Å². The van der Waals surface area contributed by atoms with E-state index in [-0.39, 0.29) is 0 Å². The molecule has 0 saturated carbocycles. The van der Waals surface area contributed by atoms with Crippen molar-refractivity contribution in [1.82, 2.24) is 24.8 Å². The van der Waals surface area contributed by atoms with E-state index in [1.807, 2.05) is 30.5 Å². The molecule has 3 aliphatic heterocycles. The first-order valence-electron chi connectivity index (χ1n) is 16.6. The molecule has 0 amide bonds. The summed E-state index contributed by atoms with van der Waals surface area (Å²) in [7, 11) is 0.482. The van der Waals surface area contributed by atoms with E-state index < -0.39 is 10.0 Å². The van der Waals surface area contributed by atoms with Crippen LogP contribution in [0.1, 0.15) is 30.9 Å². The molecule has 0 radical (unpaired) electrons. The van der Waals surface area contributed by atoms with Gasteiger partial charge >= 0.3 is 0 Å². The largest absolute Gasteiger partial charge is 0.494 e. The zero-order valence-electron chi connectivity index (χ0n) is 27.7. The molecule has 7 rings (SSSR count). The van der Waals surface area contributed by atoms with E-state index in [2.05, 4.69) is 56.4 Å². The number of aryl methyl sites for hydroxylation is 1. The van der Waals surface area contributed by atoms with Gasteiger partial charge in [-0.15, -0.1) is 0 Å². The molecule has 12 nitrogen and oxygen atoms in total. The van der Waals surface area contributed by atoms with Crippen LogP contribution in [0.5, 0.6) is 5.75 Å². The molecule has 13 heteroatoms. The summed E-state index contributed by atoms with van der Waals surface area (Å²) in [6.07, 6.45) is 6.95. The number of piperidine rings is 1. The van der Waals surface area contributed by atoms with Crippen molar-refractivity contribution in [1.29, 1.82) is 0 Å². The molecule has 2 fully saturated rings. The van der Waals surface area contributed by atoms with Crippen molar-refractivity contribution in [2.24, 2.45) is 0 Å². The standard InChI is InChI=1S/C34H45N9O3S/c1-5-23-21-28(30(46-3)22-29(23)42-14-11-25(12-15-42)41-19-17-40(2)18-20-41)37-34-38-32-26(9-13-35-32)33(39-34)36-27-8-6-7-24-10-16-43(31(24)27)47(4,44)45/h6-9,13,21-22,25H,5,10-12,14-20H2,1-4H3,(H3,35,36,37,38,39). The Kier molecular flexibility index (Phi) is 8.62. The third-order valence-electron chi connectivity index (χ3n) is 9.91. The van der Waals surface area contributed by atoms with E-state index in [9.17, 15) is 8.42 Å². The predicted octanol–water partition coefficient (Wildman–Crippen LogP) is 4.55. The number of nitrogens with zero attached hydrogens (tertiary/aromatic N) is 6. The first-order chi connectivity index (χ1) is 22.7. The smallest absolute Gasteiger partial charge is 0.232 e. The van der Waals surface area contributed by atoms with Crippen molar-refractivity contribution < 1.29 is 13.2 Å². The van der Waals surface area contributed by atoms with Gasteiger partial charge in [-0.2, -0.15) is 9.97 Å². The van der Waals surface area contributed by atoms with Crippen LogP contribution < -0.4 is 24.6 Å². The number of piperazine rings is 1. The van der Waals surface area contributed by atoms with Crippen molar-refractivity contribution in [2.75, 3.05) is 86.1 Å². The monoisotopic (exact) mass is 659 g/mol. The van der Waals surface area contributed by atoms with Crippen LogP contribution in [-0.4, -0.2) is 105 Å². The van der Waals surface area contributed by atoms with Crippen molar-refractivity contribution in [3.05, 3.63) is 53.7 Å². The summed E-state index contributed by atoms with van der Waals surface area (Å²) >= 11 is 0. The molecule has 0 spiro atoms. The third-order valence-corrected chi connectivity index (χ3v) is 11.1. The maximum absolute atomic E-state index is 12.6. The summed E-state index contributed by atoms with van der Waals surface area (Å²) in [5.74, 6) is 1.70. The highest BCUT2D eigenvalue weighted by Crippen LogP contribution is 2.40. The van der Waals surface area contributed by atoms with Crippen molar-refractivity contribution in [2.45, 2.75) is 38.6 Å². The molecule has 0 unspecified atom stereocenters. The average Bonchev–Trinajstić information content (AvgIpc) is 3.74. The van der Waals surface area contributed by atoms with E-state index in [0.717, 1.165) is 68.1 Å². The molecule has 3 N–H and O–H groups in total. The Morgan fingerprint density at radius 2 is 1.77 bits per heavy atom. The number of rotatable bonds is 9. The lowest BCUT2D eigenvalue weighted by molar-refractivity contribution is 0.0982. The Hall–Kier alpha value is -4.07. The Balaban J connectivity index is 1.14. The van der Waals surface area contributed by atoms with Crippen LogP contribution in [0.4, 0.5) is 34.5 Å². The number of likely N-dealkylation sites (N-methyl/N-ethyl adjacent to an activating group) is 1. The molecule has 2 aromatic heterocycles. The molecule has 4 aromatic rings. The average molecular weight is 660 g/mol. The van der Waals surface area contributed by atoms with Gasteiger partial charge in [0.1, 0.15) is 17.2 Å². The van der Waals surface area contributed by atoms with Gasteiger partial charge < -0.3 is 30.2 Å². The summed E-state index contributed by atoms with van der Waals surface area (Å²) in [5, 5.41) is 7.67. The minimum Gasteiger partial charge on any atom is -0.494 e.